The summed E-state index contributed by atoms with van der Waals surface area (Å²) >= 11 is 1.39. The van der Waals surface area contributed by atoms with E-state index in [4.69, 9.17) is 11.1 Å². The molecule has 0 fully saturated rings. The molecule has 1 aromatic carbocycles. The molecule has 5 N–H and O–H groups in total. The van der Waals surface area contributed by atoms with E-state index >= 15 is 0 Å². The van der Waals surface area contributed by atoms with Gasteiger partial charge in [-0.3, -0.25) is 14.3 Å². The zero-order valence-corrected chi connectivity index (χ0v) is 21.3. The molecule has 8 nitrogen and oxygen atoms in total. The minimum Gasteiger partial charge on any atom is -0.364 e. The number of carbonyl (C=O) groups excluding carboxylic acids is 2. The maximum absolute atomic E-state index is 14.8. The molecule has 186 valence electrons. The highest BCUT2D eigenvalue weighted by molar-refractivity contribution is 7.12. The number of benzene rings is 1. The third-order valence-electron chi connectivity index (χ3n) is 6.13. The van der Waals surface area contributed by atoms with Crippen LogP contribution in [0.25, 0.3) is 11.6 Å². The number of aryl methyl sites for hydroxylation is 2. The van der Waals surface area contributed by atoms with Gasteiger partial charge in [0.25, 0.3) is 11.8 Å². The van der Waals surface area contributed by atoms with Crippen molar-refractivity contribution >= 4 is 52.0 Å². The summed E-state index contributed by atoms with van der Waals surface area (Å²) in [5.74, 6) is -1.40. The van der Waals surface area contributed by atoms with Crippen molar-refractivity contribution in [2.24, 2.45) is 12.8 Å². The molecule has 1 aliphatic carbocycles. The standard InChI is InChI=1S/C26H27FN6O2S/c1-13-6-5-7-16-11-21(36-24(13)16)26(35)31-23-15(3)17(8-9-18(23)27)19(28)12-20(25(29)34)30-22-10-14(2)33(4)32-22/h7-12,28H,5-6H2,1-4H3,(H2,29,34)(H,30,32)(H,31,35)/b20-12+,28-19?. The summed E-state index contributed by atoms with van der Waals surface area (Å²) < 4.78 is 17.5. The van der Waals surface area contributed by atoms with Crippen molar-refractivity contribution in [2.75, 3.05) is 10.6 Å². The molecule has 2 heterocycles. The molecular weight excluding hydrogens is 479 g/mol. The van der Waals surface area contributed by atoms with E-state index in [-0.39, 0.29) is 17.1 Å². The van der Waals surface area contributed by atoms with Crippen LogP contribution in [0.2, 0.25) is 0 Å². The van der Waals surface area contributed by atoms with Crippen LogP contribution in [0.1, 0.15) is 46.3 Å². The molecule has 4 rings (SSSR count). The van der Waals surface area contributed by atoms with Gasteiger partial charge in [0.1, 0.15) is 11.5 Å². The minimum atomic E-state index is -0.776. The Balaban J connectivity index is 1.62. The van der Waals surface area contributed by atoms with Gasteiger partial charge in [-0.1, -0.05) is 11.6 Å². The first-order valence-electron chi connectivity index (χ1n) is 11.3. The fraction of sp³-hybridized carbons (Fsp3) is 0.231. The Kier molecular flexibility index (Phi) is 6.89. The Labute approximate surface area is 211 Å². The fourth-order valence-electron chi connectivity index (χ4n) is 4.01. The number of rotatable bonds is 7. The van der Waals surface area contributed by atoms with Gasteiger partial charge < -0.3 is 21.8 Å². The molecule has 3 aromatic rings. The highest BCUT2D eigenvalue weighted by atomic mass is 32.1. The van der Waals surface area contributed by atoms with Gasteiger partial charge in [0.05, 0.1) is 16.3 Å². The molecule has 0 bridgehead atoms. The molecule has 2 amide bonds. The average molecular weight is 507 g/mol. The lowest BCUT2D eigenvalue weighted by atomic mass is 10.0. The maximum Gasteiger partial charge on any atom is 0.265 e. The summed E-state index contributed by atoms with van der Waals surface area (Å²) in [6, 6.07) is 6.17. The lowest BCUT2D eigenvalue weighted by Crippen LogP contribution is -2.22. The minimum absolute atomic E-state index is 0.0133. The maximum atomic E-state index is 14.8. The number of nitrogens with zero attached hydrogens (tertiary/aromatic N) is 2. The normalized spacial score (nSPS) is 13.1. The quantitative estimate of drug-likeness (QED) is 0.290. The summed E-state index contributed by atoms with van der Waals surface area (Å²) in [6.07, 6.45) is 5.26. The van der Waals surface area contributed by atoms with Gasteiger partial charge in [0, 0.05) is 28.9 Å². The number of nitrogens with two attached hydrogens (primary N) is 1. The van der Waals surface area contributed by atoms with Gasteiger partial charge in [0.2, 0.25) is 0 Å². The van der Waals surface area contributed by atoms with Gasteiger partial charge in [-0.15, -0.1) is 11.3 Å². The predicted molar refractivity (Wildman–Crippen MR) is 141 cm³/mol. The molecule has 0 saturated heterocycles. The average Bonchev–Trinajstić information content (AvgIpc) is 3.39. The lowest BCUT2D eigenvalue weighted by molar-refractivity contribution is -0.114. The molecule has 0 radical (unpaired) electrons. The summed E-state index contributed by atoms with van der Waals surface area (Å²) in [4.78, 5) is 25.5. The van der Waals surface area contributed by atoms with Crippen LogP contribution < -0.4 is 26.1 Å². The second-order valence-corrected chi connectivity index (χ2v) is 9.78. The van der Waals surface area contributed by atoms with Crippen molar-refractivity contribution in [2.45, 2.75) is 33.6 Å². The van der Waals surface area contributed by atoms with E-state index in [1.165, 1.54) is 35.1 Å². The third-order valence-corrected chi connectivity index (χ3v) is 7.44. The van der Waals surface area contributed by atoms with Crippen molar-refractivity contribution in [1.29, 1.82) is 5.41 Å². The monoisotopic (exact) mass is 506 g/mol. The smallest absolute Gasteiger partial charge is 0.265 e. The molecular formula is C26H27FN6O2S. The third kappa shape index (κ3) is 4.99. The van der Waals surface area contributed by atoms with Crippen LogP contribution in [-0.2, 0) is 11.8 Å². The summed E-state index contributed by atoms with van der Waals surface area (Å²) in [7, 11) is 1.76. The van der Waals surface area contributed by atoms with Crippen molar-refractivity contribution in [3.63, 3.8) is 0 Å². The molecule has 1 aliphatic rings. The topological polar surface area (TPSA) is 126 Å². The van der Waals surface area contributed by atoms with Crippen LogP contribution in [0.3, 0.4) is 0 Å². The highest BCUT2D eigenvalue weighted by Crippen LogP contribution is 2.25. The van der Waals surface area contributed by atoms with Crippen LogP contribution in [0.4, 0.5) is 15.9 Å². The highest BCUT2D eigenvalue weighted by Gasteiger charge is 2.19. The van der Waals surface area contributed by atoms with Crippen LogP contribution in [-0.4, -0.2) is 27.3 Å². The Morgan fingerprint density at radius 1 is 1.22 bits per heavy atom. The number of thiophene rings is 1. The molecule has 0 unspecified atom stereocenters. The molecule has 0 atom stereocenters. The number of allylic oxidation sites excluding steroid dienone is 1. The van der Waals surface area contributed by atoms with E-state index in [1.807, 2.05) is 13.0 Å². The van der Waals surface area contributed by atoms with Gasteiger partial charge in [-0.25, -0.2) is 4.39 Å². The summed E-state index contributed by atoms with van der Waals surface area (Å²) in [6.45, 7) is 5.52. The second-order valence-electron chi connectivity index (χ2n) is 8.72. The van der Waals surface area contributed by atoms with E-state index in [2.05, 4.69) is 28.7 Å². The number of halogens is 1. The van der Waals surface area contributed by atoms with Crippen molar-refractivity contribution in [3.05, 3.63) is 73.3 Å². The number of amides is 2. The molecule has 36 heavy (non-hydrogen) atoms. The second kappa shape index (κ2) is 9.90. The number of hydrogen-bond donors (Lipinski definition) is 4. The van der Waals surface area contributed by atoms with Gasteiger partial charge in [-0.2, -0.15) is 5.10 Å². The molecule has 0 saturated carbocycles. The van der Waals surface area contributed by atoms with E-state index in [0.29, 0.717) is 21.8 Å². The molecule has 10 heteroatoms. The van der Waals surface area contributed by atoms with Crippen molar-refractivity contribution in [3.8, 4) is 0 Å². The summed E-state index contributed by atoms with van der Waals surface area (Å²) in [5, 5.41) is 19.3. The molecule has 2 aromatic heterocycles. The van der Waals surface area contributed by atoms with Gasteiger partial charge in [-0.05, 0) is 68.7 Å². The van der Waals surface area contributed by atoms with Crippen molar-refractivity contribution < 1.29 is 14.0 Å². The number of aromatic nitrogens is 2. The molecule has 0 aliphatic heterocycles. The first kappa shape index (κ1) is 25.1. The Morgan fingerprint density at radius 2 is 1.97 bits per heavy atom. The fourth-order valence-corrected chi connectivity index (χ4v) is 5.10. The zero-order chi connectivity index (χ0) is 26.1. The first-order valence-corrected chi connectivity index (χ1v) is 12.1. The predicted octanol–water partition coefficient (Wildman–Crippen LogP) is 3.08. The van der Waals surface area contributed by atoms with Crippen LogP contribution in [0.15, 0.2) is 36.0 Å². The Hall–Kier alpha value is -4.05. The number of nitrogens with one attached hydrogen (secondary N) is 3. The number of carbonyl (C=O) groups is 2. The van der Waals surface area contributed by atoms with E-state index < -0.39 is 17.6 Å². The Morgan fingerprint density at radius 3 is 2.61 bits per heavy atom. The number of primary amides is 1. The lowest BCUT2D eigenvalue weighted by Gasteiger charge is -2.13. The van der Waals surface area contributed by atoms with Crippen LogP contribution in [0.5, 0.6) is 0 Å². The largest absolute Gasteiger partial charge is 0.364 e. The number of anilines is 2. The van der Waals surface area contributed by atoms with Gasteiger partial charge >= 0.3 is 0 Å². The Bertz CT molecular complexity index is 1540. The van der Waals surface area contributed by atoms with Crippen LogP contribution in [0, 0.1) is 25.1 Å². The summed E-state index contributed by atoms with van der Waals surface area (Å²) in [5.41, 5.74) is 8.17. The van der Waals surface area contributed by atoms with E-state index in [9.17, 15) is 14.0 Å². The number of fused-ring (bicyclic) bond motifs is 1. The van der Waals surface area contributed by atoms with Gasteiger partial charge in [0.15, 0.2) is 5.82 Å². The van der Waals surface area contributed by atoms with E-state index in [0.717, 1.165) is 28.3 Å². The first-order chi connectivity index (χ1) is 17.0. The van der Waals surface area contributed by atoms with Crippen molar-refractivity contribution in [1.82, 2.24) is 9.78 Å². The SMILES string of the molecule is CC1=c2sc(C(=O)Nc3c(F)ccc(C(=N)/C=C(/Nc4cc(C)n(C)n4)C(N)=O)c3C)cc2=CCC1. The van der Waals surface area contributed by atoms with Crippen LogP contribution >= 0.6 is 11.3 Å². The van der Waals surface area contributed by atoms with E-state index in [1.54, 1.807) is 24.7 Å². The number of hydrogen-bond acceptors (Lipinski definition) is 6. The zero-order valence-electron chi connectivity index (χ0n) is 20.5. The molecule has 0 spiro atoms.